The van der Waals surface area contributed by atoms with Crippen LogP contribution in [0.5, 0.6) is 17.2 Å². The predicted octanol–water partition coefficient (Wildman–Crippen LogP) is 6.38. The fourth-order valence-corrected chi connectivity index (χ4v) is 27.2. The zero-order valence-electron chi connectivity index (χ0n) is 25.3. The second kappa shape index (κ2) is 13.1. The quantitative estimate of drug-likeness (QED) is 0.167. The molecule has 6 aromatic rings. The van der Waals surface area contributed by atoms with E-state index in [-0.39, 0.29) is 0 Å². The minimum absolute atomic E-state index is 0.868. The molecule has 222 valence electrons. The number of hydrogen-bond acceptors (Lipinski definition) is 3. The Hall–Kier alpha value is -4.42. The van der Waals surface area contributed by atoms with Crippen LogP contribution in [-0.4, -0.2) is 21.3 Å². The molecule has 6 aromatic carbocycles. The van der Waals surface area contributed by atoms with Gasteiger partial charge in [-0.05, 0) is 0 Å². The number of benzene rings is 6. The van der Waals surface area contributed by atoms with Gasteiger partial charge in [0.05, 0.1) is 0 Å². The zero-order chi connectivity index (χ0) is 30.4. The molecule has 0 fully saturated rings. The Morgan fingerprint density at radius 1 is 0.295 bits per heavy atom. The van der Waals surface area contributed by atoms with Gasteiger partial charge in [0, 0.05) is 0 Å². The zero-order valence-corrected chi connectivity index (χ0v) is 27.3. The Morgan fingerprint density at radius 2 is 0.545 bits per heavy atom. The number of hydrogen-bond donors (Lipinski definition) is 0. The van der Waals surface area contributed by atoms with Crippen molar-refractivity contribution in [2.75, 3.05) is 21.3 Å². The van der Waals surface area contributed by atoms with Crippen LogP contribution in [0.3, 0.4) is 0 Å². The second-order valence-electron chi connectivity index (χ2n) is 10.7. The Kier molecular flexibility index (Phi) is 8.80. The van der Waals surface area contributed by atoms with Crippen LogP contribution in [0.25, 0.3) is 0 Å². The van der Waals surface area contributed by atoms with E-state index in [9.17, 15) is 0 Å². The van der Waals surface area contributed by atoms with Crippen LogP contribution in [0.2, 0.25) is 0 Å². The van der Waals surface area contributed by atoms with Crippen LogP contribution in [0.4, 0.5) is 0 Å². The summed E-state index contributed by atoms with van der Waals surface area (Å²) in [4.78, 5) is 0. The van der Waals surface area contributed by atoms with Crippen molar-refractivity contribution in [1.82, 2.24) is 0 Å². The summed E-state index contributed by atoms with van der Waals surface area (Å²) >= 11 is 0. The Morgan fingerprint density at radius 3 is 0.864 bits per heavy atom. The van der Waals surface area contributed by atoms with Gasteiger partial charge in [0.2, 0.25) is 0 Å². The normalized spacial score (nSPS) is 12.2. The molecule has 0 radical (unpaired) electrons. The molecule has 5 heteroatoms. The molecule has 0 aliphatic rings. The van der Waals surface area contributed by atoms with Crippen molar-refractivity contribution in [2.45, 2.75) is 0 Å². The second-order valence-corrected chi connectivity index (χ2v) is 21.5. The van der Waals surface area contributed by atoms with Crippen molar-refractivity contribution in [3.8, 4) is 17.2 Å². The van der Waals surface area contributed by atoms with Gasteiger partial charge in [-0.1, -0.05) is 0 Å². The average Bonchev–Trinajstić information content (AvgIpc) is 3.12. The molecule has 0 aliphatic heterocycles. The average molecular weight is 617 g/mol. The number of para-hydroxylation sites is 3. The summed E-state index contributed by atoms with van der Waals surface area (Å²) in [5, 5.41) is 7.48. The summed E-state index contributed by atoms with van der Waals surface area (Å²) < 4.78 is 18.9. The SMILES string of the molecule is COc1ccccc1[PH](c1ccccc1)(c1ccccc1)[PH](c1ccccc1)(c1ccccc1OC)c1ccccc1OC. The molecule has 0 spiro atoms. The van der Waals surface area contributed by atoms with E-state index in [1.54, 1.807) is 21.3 Å². The van der Waals surface area contributed by atoms with Crippen LogP contribution < -0.4 is 46.0 Å². The van der Waals surface area contributed by atoms with E-state index in [2.05, 4.69) is 164 Å². The van der Waals surface area contributed by atoms with E-state index in [0.717, 1.165) is 17.2 Å². The predicted molar refractivity (Wildman–Crippen MR) is 193 cm³/mol. The van der Waals surface area contributed by atoms with Crippen LogP contribution >= 0.6 is 13.9 Å². The van der Waals surface area contributed by atoms with Gasteiger partial charge >= 0.3 is 262 Å². The van der Waals surface area contributed by atoms with Crippen LogP contribution in [0.1, 0.15) is 0 Å². The first-order valence-corrected chi connectivity index (χ1v) is 19.8. The molecule has 0 saturated heterocycles. The first-order valence-electron chi connectivity index (χ1n) is 14.8. The number of methoxy groups -OCH3 is 3. The van der Waals surface area contributed by atoms with Gasteiger partial charge in [-0.3, -0.25) is 0 Å². The van der Waals surface area contributed by atoms with Gasteiger partial charge in [0.15, 0.2) is 0 Å². The van der Waals surface area contributed by atoms with Crippen molar-refractivity contribution >= 4 is 45.7 Å². The summed E-state index contributed by atoms with van der Waals surface area (Å²) in [5.74, 6) is 2.62. The third-order valence-electron chi connectivity index (χ3n) is 8.72. The van der Waals surface area contributed by atoms with Gasteiger partial charge in [0.25, 0.3) is 0 Å². The molecule has 0 N–H and O–H groups in total. The maximum atomic E-state index is 6.31. The molecule has 0 aromatic heterocycles. The molecule has 0 unspecified atom stereocenters. The molecule has 0 aliphatic carbocycles. The molecular formula is C39H38O3P2. The van der Waals surface area contributed by atoms with Crippen molar-refractivity contribution in [2.24, 2.45) is 0 Å². The molecule has 3 nitrogen and oxygen atoms in total. The first kappa shape index (κ1) is 29.6. The molecule has 6 rings (SSSR count). The summed E-state index contributed by atoms with van der Waals surface area (Å²) in [6.45, 7) is -6.53. The molecule has 0 amide bonds. The molecule has 0 saturated carbocycles. The molecular weight excluding hydrogens is 578 g/mol. The van der Waals surface area contributed by atoms with Gasteiger partial charge in [-0.15, -0.1) is 0 Å². The Labute approximate surface area is 261 Å². The fourth-order valence-electron chi connectivity index (χ4n) is 7.12. The molecule has 0 heterocycles. The standard InChI is InChI=1S/C39H38O3P2/c1-40-34-25-13-16-28-37(34)43(31-19-7-4-8-20-31,32-21-9-5-10-22-32)44(33-23-11-6-12-24-33,38-29-17-14-26-35(38)41-2)39-30-18-15-27-36(39)42-3/h4-30,43-44H,1-3H3. The van der Waals surface area contributed by atoms with E-state index >= 15 is 0 Å². The summed E-state index contributed by atoms with van der Waals surface area (Å²) in [5.41, 5.74) is 0. The van der Waals surface area contributed by atoms with Crippen LogP contribution in [-0.2, 0) is 0 Å². The van der Waals surface area contributed by atoms with Gasteiger partial charge in [-0.2, -0.15) is 0 Å². The topological polar surface area (TPSA) is 27.7 Å². The monoisotopic (exact) mass is 616 g/mol. The Bertz CT molecular complexity index is 1740. The van der Waals surface area contributed by atoms with E-state index in [4.69, 9.17) is 14.2 Å². The third-order valence-corrected chi connectivity index (χ3v) is 25.5. The van der Waals surface area contributed by atoms with Gasteiger partial charge < -0.3 is 0 Å². The molecule has 44 heavy (non-hydrogen) atoms. The molecule has 0 bridgehead atoms. The van der Waals surface area contributed by atoms with Crippen LogP contribution in [0.15, 0.2) is 164 Å². The van der Waals surface area contributed by atoms with Crippen molar-refractivity contribution in [3.05, 3.63) is 164 Å². The van der Waals surface area contributed by atoms with E-state index in [0.29, 0.717) is 0 Å². The minimum atomic E-state index is -3.30. The van der Waals surface area contributed by atoms with Crippen molar-refractivity contribution in [3.63, 3.8) is 0 Å². The van der Waals surface area contributed by atoms with E-state index < -0.39 is 13.9 Å². The first-order chi connectivity index (χ1) is 21.7. The Balaban J connectivity index is 2.02. The van der Waals surface area contributed by atoms with E-state index in [1.807, 2.05) is 0 Å². The van der Waals surface area contributed by atoms with Crippen molar-refractivity contribution in [1.29, 1.82) is 0 Å². The number of rotatable bonds is 10. The van der Waals surface area contributed by atoms with Crippen molar-refractivity contribution < 1.29 is 14.2 Å². The maximum absolute atomic E-state index is 6.31. The fraction of sp³-hybridized carbons (Fsp3) is 0.0769. The summed E-state index contributed by atoms with van der Waals surface area (Å²) in [7, 11) is 5.34. The van der Waals surface area contributed by atoms with Gasteiger partial charge in [-0.25, -0.2) is 0 Å². The molecule has 0 atom stereocenters. The summed E-state index contributed by atoms with van der Waals surface area (Å²) in [6.07, 6.45) is 0. The van der Waals surface area contributed by atoms with Crippen LogP contribution in [0, 0.1) is 0 Å². The van der Waals surface area contributed by atoms with Gasteiger partial charge in [0.1, 0.15) is 0 Å². The van der Waals surface area contributed by atoms with E-state index in [1.165, 1.54) is 31.8 Å². The summed E-state index contributed by atoms with van der Waals surface area (Å²) in [6, 6.07) is 59.1. The third kappa shape index (κ3) is 4.69. The number of ether oxygens (including phenoxy) is 3.